The summed E-state index contributed by atoms with van der Waals surface area (Å²) < 4.78 is 38.9. The molecule has 0 saturated heterocycles. The molecule has 0 unspecified atom stereocenters. The van der Waals surface area contributed by atoms with E-state index in [1.165, 1.54) is 6.07 Å². The van der Waals surface area contributed by atoms with Crippen LogP contribution in [0.25, 0.3) is 0 Å². The SMILES string of the molecule is O=C(NCc1cc(Cl)cc(Cl)c1)c1cnc(Cl)cc1C(F)(F)F. The Balaban J connectivity index is 2.21. The molecule has 0 saturated carbocycles. The molecule has 23 heavy (non-hydrogen) atoms. The number of aromatic nitrogens is 1. The van der Waals surface area contributed by atoms with E-state index in [-0.39, 0.29) is 11.7 Å². The number of nitrogens with one attached hydrogen (secondary N) is 1. The van der Waals surface area contributed by atoms with Gasteiger partial charge in [0.25, 0.3) is 5.91 Å². The van der Waals surface area contributed by atoms with Gasteiger partial charge in [-0.1, -0.05) is 34.8 Å². The largest absolute Gasteiger partial charge is 0.417 e. The van der Waals surface area contributed by atoms with Crippen LogP contribution in [0.4, 0.5) is 13.2 Å². The van der Waals surface area contributed by atoms with Crippen LogP contribution >= 0.6 is 34.8 Å². The van der Waals surface area contributed by atoms with Crippen LogP contribution in [0.3, 0.4) is 0 Å². The van der Waals surface area contributed by atoms with Crippen LogP contribution in [-0.4, -0.2) is 10.9 Å². The molecule has 9 heteroatoms. The molecular weight excluding hydrogens is 376 g/mol. The first-order chi connectivity index (χ1) is 10.7. The third-order valence-electron chi connectivity index (χ3n) is 2.80. The normalized spacial score (nSPS) is 11.4. The molecule has 0 aliphatic heterocycles. The summed E-state index contributed by atoms with van der Waals surface area (Å²) in [6.45, 7) is -0.0426. The Hall–Kier alpha value is -1.50. The van der Waals surface area contributed by atoms with Gasteiger partial charge in [-0.05, 0) is 29.8 Å². The highest BCUT2D eigenvalue weighted by atomic mass is 35.5. The van der Waals surface area contributed by atoms with Gasteiger partial charge in [0.2, 0.25) is 0 Å². The van der Waals surface area contributed by atoms with Crippen molar-refractivity contribution in [2.75, 3.05) is 0 Å². The number of hydrogen-bond donors (Lipinski definition) is 1. The molecule has 0 fully saturated rings. The summed E-state index contributed by atoms with van der Waals surface area (Å²) in [4.78, 5) is 15.5. The van der Waals surface area contributed by atoms with E-state index in [9.17, 15) is 18.0 Å². The average molecular weight is 384 g/mol. The Morgan fingerprint density at radius 3 is 2.26 bits per heavy atom. The van der Waals surface area contributed by atoms with Crippen molar-refractivity contribution in [1.82, 2.24) is 10.3 Å². The second-order valence-corrected chi connectivity index (χ2v) is 5.77. The lowest BCUT2D eigenvalue weighted by Gasteiger charge is -2.13. The molecule has 0 bridgehead atoms. The molecule has 0 radical (unpaired) electrons. The summed E-state index contributed by atoms with van der Waals surface area (Å²) >= 11 is 17.1. The lowest BCUT2D eigenvalue weighted by Crippen LogP contribution is -2.26. The number of carbonyl (C=O) groups is 1. The van der Waals surface area contributed by atoms with Crippen molar-refractivity contribution >= 4 is 40.7 Å². The Labute approximate surface area is 144 Å². The van der Waals surface area contributed by atoms with E-state index in [2.05, 4.69) is 10.3 Å². The molecular formula is C14H8Cl3F3N2O. The van der Waals surface area contributed by atoms with Crippen molar-refractivity contribution in [2.24, 2.45) is 0 Å². The summed E-state index contributed by atoms with van der Waals surface area (Å²) in [6, 6.07) is 5.18. The van der Waals surface area contributed by atoms with Crippen molar-refractivity contribution in [1.29, 1.82) is 0 Å². The molecule has 1 heterocycles. The number of pyridine rings is 1. The third-order valence-corrected chi connectivity index (χ3v) is 3.44. The van der Waals surface area contributed by atoms with Crippen LogP contribution in [0.15, 0.2) is 30.5 Å². The first-order valence-electron chi connectivity index (χ1n) is 6.13. The van der Waals surface area contributed by atoms with Crippen LogP contribution < -0.4 is 5.32 Å². The summed E-state index contributed by atoms with van der Waals surface area (Å²) in [5, 5.41) is 2.72. The van der Waals surface area contributed by atoms with E-state index >= 15 is 0 Å². The molecule has 0 aliphatic rings. The minimum atomic E-state index is -4.72. The summed E-state index contributed by atoms with van der Waals surface area (Å²) in [7, 11) is 0. The van der Waals surface area contributed by atoms with Gasteiger partial charge in [0, 0.05) is 22.8 Å². The molecule has 3 nitrogen and oxygen atoms in total. The Bertz CT molecular complexity index is 730. The Morgan fingerprint density at radius 2 is 1.70 bits per heavy atom. The molecule has 0 atom stereocenters. The van der Waals surface area contributed by atoms with Gasteiger partial charge in [-0.2, -0.15) is 13.2 Å². The van der Waals surface area contributed by atoms with Gasteiger partial charge in [-0.15, -0.1) is 0 Å². The van der Waals surface area contributed by atoms with Gasteiger partial charge in [0.15, 0.2) is 0 Å². The van der Waals surface area contributed by atoms with Crippen LogP contribution in [-0.2, 0) is 12.7 Å². The maximum absolute atomic E-state index is 13.0. The number of hydrogen-bond acceptors (Lipinski definition) is 2. The molecule has 2 rings (SSSR count). The van der Waals surface area contributed by atoms with Gasteiger partial charge in [0.1, 0.15) is 5.15 Å². The van der Waals surface area contributed by atoms with Crippen LogP contribution in [0, 0.1) is 0 Å². The van der Waals surface area contributed by atoms with Gasteiger partial charge in [-0.3, -0.25) is 4.79 Å². The second kappa shape index (κ2) is 6.95. The summed E-state index contributed by atoms with van der Waals surface area (Å²) in [5.74, 6) is -0.933. The van der Waals surface area contributed by atoms with E-state index in [1.54, 1.807) is 12.1 Å². The van der Waals surface area contributed by atoms with Crippen LogP contribution in [0.5, 0.6) is 0 Å². The smallest absolute Gasteiger partial charge is 0.348 e. The lowest BCUT2D eigenvalue weighted by molar-refractivity contribution is -0.138. The fraction of sp³-hybridized carbons (Fsp3) is 0.143. The minimum absolute atomic E-state index is 0.0426. The molecule has 0 spiro atoms. The van der Waals surface area contributed by atoms with Crippen molar-refractivity contribution in [3.05, 3.63) is 62.4 Å². The monoisotopic (exact) mass is 382 g/mol. The maximum atomic E-state index is 13.0. The Morgan fingerprint density at radius 1 is 1.09 bits per heavy atom. The van der Waals surface area contributed by atoms with Gasteiger partial charge in [0.05, 0.1) is 11.1 Å². The third kappa shape index (κ3) is 4.73. The van der Waals surface area contributed by atoms with Crippen molar-refractivity contribution in [2.45, 2.75) is 12.7 Å². The summed E-state index contributed by atoms with van der Waals surface area (Å²) in [5.41, 5.74) is -1.22. The van der Waals surface area contributed by atoms with Crippen LogP contribution in [0.2, 0.25) is 15.2 Å². The predicted octanol–water partition coefficient (Wildman–Crippen LogP) is 4.99. The molecule has 122 valence electrons. The fourth-order valence-corrected chi connectivity index (χ4v) is 2.57. The second-order valence-electron chi connectivity index (χ2n) is 4.51. The van der Waals surface area contributed by atoms with Crippen LogP contribution in [0.1, 0.15) is 21.5 Å². The molecule has 0 aliphatic carbocycles. The quantitative estimate of drug-likeness (QED) is 0.759. The molecule has 2 aromatic rings. The van der Waals surface area contributed by atoms with E-state index in [0.29, 0.717) is 21.7 Å². The highest BCUT2D eigenvalue weighted by Gasteiger charge is 2.35. The number of nitrogens with zero attached hydrogens (tertiary/aromatic N) is 1. The van der Waals surface area contributed by atoms with E-state index < -0.39 is 23.2 Å². The topological polar surface area (TPSA) is 42.0 Å². The lowest BCUT2D eigenvalue weighted by atomic mass is 10.1. The number of benzene rings is 1. The van der Waals surface area contributed by atoms with Crippen molar-refractivity contribution in [3.63, 3.8) is 0 Å². The van der Waals surface area contributed by atoms with Gasteiger partial charge < -0.3 is 5.32 Å². The van der Waals surface area contributed by atoms with Crippen molar-refractivity contribution in [3.8, 4) is 0 Å². The minimum Gasteiger partial charge on any atom is -0.348 e. The number of amides is 1. The number of rotatable bonds is 3. The first kappa shape index (κ1) is 17.8. The molecule has 1 N–H and O–H groups in total. The zero-order valence-corrected chi connectivity index (χ0v) is 13.5. The zero-order valence-electron chi connectivity index (χ0n) is 11.2. The highest BCUT2D eigenvalue weighted by Crippen LogP contribution is 2.33. The molecule has 1 aromatic heterocycles. The van der Waals surface area contributed by atoms with E-state index in [4.69, 9.17) is 34.8 Å². The van der Waals surface area contributed by atoms with Gasteiger partial charge >= 0.3 is 6.18 Å². The van der Waals surface area contributed by atoms with E-state index in [0.717, 1.165) is 6.20 Å². The number of alkyl halides is 3. The molecule has 1 amide bonds. The highest BCUT2D eigenvalue weighted by molar-refractivity contribution is 6.34. The Kier molecular flexibility index (Phi) is 5.39. The van der Waals surface area contributed by atoms with Gasteiger partial charge in [-0.25, -0.2) is 4.98 Å². The van der Waals surface area contributed by atoms with E-state index in [1.807, 2.05) is 0 Å². The first-order valence-corrected chi connectivity index (χ1v) is 7.26. The maximum Gasteiger partial charge on any atom is 0.417 e. The predicted molar refractivity (Wildman–Crippen MR) is 81.9 cm³/mol. The number of carbonyl (C=O) groups excluding carboxylic acids is 1. The standard InChI is InChI=1S/C14H8Cl3F3N2O/c15-8-1-7(2-9(16)3-8)5-22-13(23)10-6-21-12(17)4-11(10)14(18,19)20/h1-4,6H,5H2,(H,22,23). The number of halogens is 6. The fourth-order valence-electron chi connectivity index (χ4n) is 1.84. The molecule has 1 aromatic carbocycles. The zero-order chi connectivity index (χ0) is 17.2. The summed E-state index contributed by atoms with van der Waals surface area (Å²) in [6.07, 6.45) is -3.94. The average Bonchev–Trinajstić information content (AvgIpc) is 2.42. The van der Waals surface area contributed by atoms with Crippen molar-refractivity contribution < 1.29 is 18.0 Å².